The van der Waals surface area contributed by atoms with Crippen molar-refractivity contribution in [2.75, 3.05) is 6.54 Å². The normalized spacial score (nSPS) is 14.1. The Bertz CT molecular complexity index is 540. The van der Waals surface area contributed by atoms with E-state index in [0.29, 0.717) is 6.54 Å². The molecule has 1 aromatic carbocycles. The molecule has 0 saturated carbocycles. The smallest absolute Gasteiger partial charge is 0.0459 e. The van der Waals surface area contributed by atoms with E-state index in [2.05, 4.69) is 44.0 Å². The van der Waals surface area contributed by atoms with Crippen molar-refractivity contribution in [3.8, 4) is 0 Å². The molecule has 0 aliphatic heterocycles. The van der Waals surface area contributed by atoms with Gasteiger partial charge in [-0.2, -0.15) is 0 Å². The summed E-state index contributed by atoms with van der Waals surface area (Å²) in [5.74, 6) is 0. The fraction of sp³-hybridized carbons (Fsp3) is 0.467. The van der Waals surface area contributed by atoms with Gasteiger partial charge >= 0.3 is 0 Å². The second-order valence-corrected chi connectivity index (χ2v) is 5.71. The minimum Gasteiger partial charge on any atom is -0.358 e. The molecule has 0 aliphatic rings. The summed E-state index contributed by atoms with van der Waals surface area (Å²) in [6.07, 6.45) is 0.924. The van der Waals surface area contributed by atoms with E-state index in [9.17, 15) is 0 Å². The first kappa shape index (κ1) is 13.1. The lowest BCUT2D eigenvalue weighted by Gasteiger charge is -2.31. The van der Waals surface area contributed by atoms with Gasteiger partial charge in [-0.05, 0) is 36.9 Å². The average molecular weight is 245 g/mol. The lowest BCUT2D eigenvalue weighted by atomic mass is 9.77. The van der Waals surface area contributed by atoms with Crippen molar-refractivity contribution in [1.82, 2.24) is 4.98 Å². The van der Waals surface area contributed by atoms with Crippen molar-refractivity contribution in [2.45, 2.75) is 33.2 Å². The molecule has 0 amide bonds. The van der Waals surface area contributed by atoms with Crippen LogP contribution in [0.4, 0.5) is 0 Å². The molecular formula is C15H23N3. The van der Waals surface area contributed by atoms with Crippen LogP contribution in [0.3, 0.4) is 0 Å². The molecule has 3 heteroatoms. The van der Waals surface area contributed by atoms with Crippen molar-refractivity contribution in [2.24, 2.45) is 16.9 Å². The molecule has 3 nitrogen and oxygen atoms in total. The highest BCUT2D eigenvalue weighted by molar-refractivity contribution is 5.85. The summed E-state index contributed by atoms with van der Waals surface area (Å²) in [6.45, 7) is 7.13. The molecule has 0 spiro atoms. The van der Waals surface area contributed by atoms with Crippen LogP contribution in [0.5, 0.6) is 0 Å². The van der Waals surface area contributed by atoms with Crippen LogP contribution in [0.15, 0.2) is 24.3 Å². The Morgan fingerprint density at radius 1 is 1.28 bits per heavy atom. The van der Waals surface area contributed by atoms with E-state index in [4.69, 9.17) is 11.5 Å². The molecule has 18 heavy (non-hydrogen) atoms. The summed E-state index contributed by atoms with van der Waals surface area (Å²) >= 11 is 0. The predicted octanol–water partition coefficient (Wildman–Crippen LogP) is 2.85. The average Bonchev–Trinajstić information content (AvgIpc) is 2.63. The number of H-pyrrole nitrogens is 1. The van der Waals surface area contributed by atoms with E-state index in [-0.39, 0.29) is 11.5 Å². The summed E-state index contributed by atoms with van der Waals surface area (Å²) < 4.78 is 0. The molecule has 2 aromatic rings. The van der Waals surface area contributed by atoms with Gasteiger partial charge in [0.1, 0.15) is 0 Å². The molecule has 0 radical (unpaired) electrons. The number of fused-ring (bicyclic) bond motifs is 1. The van der Waals surface area contributed by atoms with Gasteiger partial charge < -0.3 is 16.5 Å². The first-order chi connectivity index (χ1) is 8.47. The van der Waals surface area contributed by atoms with Gasteiger partial charge in [0.25, 0.3) is 0 Å². The van der Waals surface area contributed by atoms with Crippen LogP contribution in [0.2, 0.25) is 0 Å². The Morgan fingerprint density at radius 3 is 2.61 bits per heavy atom. The van der Waals surface area contributed by atoms with Gasteiger partial charge in [0.2, 0.25) is 0 Å². The maximum Gasteiger partial charge on any atom is 0.0459 e. The zero-order chi connectivity index (χ0) is 13.3. The van der Waals surface area contributed by atoms with Crippen LogP contribution in [0.1, 0.15) is 37.6 Å². The maximum absolute atomic E-state index is 6.49. The zero-order valence-corrected chi connectivity index (χ0v) is 11.5. The Morgan fingerprint density at radius 2 is 1.94 bits per heavy atom. The highest BCUT2D eigenvalue weighted by atomic mass is 14.8. The standard InChI is InChI=1S/C15H23N3/c1-10-13(14(17)15(2,3)8-9-16)11-6-4-5-7-12(11)18-10/h4-7,14,18H,8-9,16-17H2,1-3H3. The van der Waals surface area contributed by atoms with Crippen LogP contribution in [0.25, 0.3) is 10.9 Å². The Kier molecular flexibility index (Phi) is 3.46. The number of nitrogens with two attached hydrogens (primary N) is 2. The van der Waals surface area contributed by atoms with Crippen molar-refractivity contribution in [3.05, 3.63) is 35.5 Å². The second kappa shape index (κ2) is 4.75. The summed E-state index contributed by atoms with van der Waals surface area (Å²) in [4.78, 5) is 3.41. The quantitative estimate of drug-likeness (QED) is 0.775. The monoisotopic (exact) mass is 245 g/mol. The van der Waals surface area contributed by atoms with E-state index in [0.717, 1.165) is 17.6 Å². The van der Waals surface area contributed by atoms with Crippen LogP contribution >= 0.6 is 0 Å². The van der Waals surface area contributed by atoms with E-state index in [1.165, 1.54) is 10.9 Å². The number of benzene rings is 1. The van der Waals surface area contributed by atoms with Crippen LogP contribution < -0.4 is 11.5 Å². The number of hydrogen-bond acceptors (Lipinski definition) is 2. The Labute approximate surface area is 109 Å². The van der Waals surface area contributed by atoms with Gasteiger partial charge in [-0.3, -0.25) is 0 Å². The SMILES string of the molecule is Cc1[nH]c2ccccc2c1C(N)C(C)(C)CCN. The van der Waals surface area contributed by atoms with Crippen molar-refractivity contribution < 1.29 is 0 Å². The number of hydrogen-bond donors (Lipinski definition) is 3. The molecule has 0 saturated heterocycles. The van der Waals surface area contributed by atoms with Crippen molar-refractivity contribution in [1.29, 1.82) is 0 Å². The number of aryl methyl sites for hydroxylation is 1. The van der Waals surface area contributed by atoms with Gasteiger partial charge in [-0.15, -0.1) is 0 Å². The van der Waals surface area contributed by atoms with Gasteiger partial charge in [0, 0.05) is 22.6 Å². The van der Waals surface area contributed by atoms with E-state index in [1.807, 2.05) is 6.07 Å². The van der Waals surface area contributed by atoms with Crippen molar-refractivity contribution in [3.63, 3.8) is 0 Å². The summed E-state index contributed by atoms with van der Waals surface area (Å²) in [5.41, 5.74) is 15.7. The minimum absolute atomic E-state index is 0.00259. The van der Waals surface area contributed by atoms with Crippen LogP contribution in [-0.2, 0) is 0 Å². The molecule has 2 rings (SSSR count). The fourth-order valence-corrected chi connectivity index (χ4v) is 2.62. The molecule has 1 aromatic heterocycles. The molecule has 0 fully saturated rings. The molecule has 98 valence electrons. The number of aromatic amines is 1. The molecule has 1 atom stereocenters. The topological polar surface area (TPSA) is 67.8 Å². The summed E-state index contributed by atoms with van der Waals surface area (Å²) in [5, 5.41) is 1.23. The first-order valence-corrected chi connectivity index (χ1v) is 6.50. The Balaban J connectivity index is 2.50. The van der Waals surface area contributed by atoms with Gasteiger partial charge in [0.15, 0.2) is 0 Å². The van der Waals surface area contributed by atoms with Gasteiger partial charge in [0.05, 0.1) is 0 Å². The van der Waals surface area contributed by atoms with E-state index in [1.54, 1.807) is 0 Å². The van der Waals surface area contributed by atoms with E-state index < -0.39 is 0 Å². The number of nitrogens with one attached hydrogen (secondary N) is 1. The van der Waals surface area contributed by atoms with Crippen molar-refractivity contribution >= 4 is 10.9 Å². The molecule has 0 bridgehead atoms. The highest BCUT2D eigenvalue weighted by Gasteiger charge is 2.29. The number of para-hydroxylation sites is 1. The van der Waals surface area contributed by atoms with Gasteiger partial charge in [-0.25, -0.2) is 0 Å². The summed E-state index contributed by atoms with van der Waals surface area (Å²) in [6, 6.07) is 8.32. The predicted molar refractivity (Wildman–Crippen MR) is 77.4 cm³/mol. The van der Waals surface area contributed by atoms with E-state index >= 15 is 0 Å². The molecule has 1 unspecified atom stereocenters. The molecular weight excluding hydrogens is 222 g/mol. The van der Waals surface area contributed by atoms with Crippen LogP contribution in [0, 0.1) is 12.3 Å². The maximum atomic E-state index is 6.49. The third kappa shape index (κ3) is 2.16. The lowest BCUT2D eigenvalue weighted by Crippen LogP contribution is -2.31. The molecule has 1 heterocycles. The molecule has 0 aliphatic carbocycles. The lowest BCUT2D eigenvalue weighted by molar-refractivity contribution is 0.271. The largest absolute Gasteiger partial charge is 0.358 e. The summed E-state index contributed by atoms with van der Waals surface area (Å²) in [7, 11) is 0. The highest BCUT2D eigenvalue weighted by Crippen LogP contribution is 2.38. The number of rotatable bonds is 4. The third-order valence-corrected chi connectivity index (χ3v) is 3.89. The second-order valence-electron chi connectivity index (χ2n) is 5.71. The Hall–Kier alpha value is -1.32. The zero-order valence-electron chi connectivity index (χ0n) is 11.5. The third-order valence-electron chi connectivity index (χ3n) is 3.89. The number of aromatic nitrogens is 1. The fourth-order valence-electron chi connectivity index (χ4n) is 2.62. The molecule has 5 N–H and O–H groups in total. The van der Waals surface area contributed by atoms with Gasteiger partial charge in [-0.1, -0.05) is 32.0 Å². The minimum atomic E-state index is -0.00259. The first-order valence-electron chi connectivity index (χ1n) is 6.50. The van der Waals surface area contributed by atoms with Crippen LogP contribution in [-0.4, -0.2) is 11.5 Å².